The number of ether oxygens (including phenoxy) is 1. The maximum Gasteiger partial charge on any atom is 0.146 e. The first-order valence-corrected chi connectivity index (χ1v) is 6.79. The van der Waals surface area contributed by atoms with E-state index in [2.05, 4.69) is 15.9 Å². The van der Waals surface area contributed by atoms with Crippen LogP contribution in [0.4, 0.5) is 13.2 Å². The molecule has 2 nitrogen and oxygen atoms in total. The Labute approximate surface area is 128 Å². The van der Waals surface area contributed by atoms with Gasteiger partial charge >= 0.3 is 0 Å². The van der Waals surface area contributed by atoms with Crippen LogP contribution in [0.2, 0.25) is 0 Å². The van der Waals surface area contributed by atoms with Gasteiger partial charge in [0.05, 0.1) is 22.7 Å². The largest absolute Gasteiger partial charge is 0.496 e. The SMILES string of the molecule is COc1cccc(F)c1C(C)(O)c1c(F)ccc(Br)c1F. The van der Waals surface area contributed by atoms with Gasteiger partial charge in [-0.1, -0.05) is 6.07 Å². The standard InChI is InChI=1S/C15H12BrF3O2/c1-15(20,12-9(17)4-3-5-11(12)21-2)13-10(18)7-6-8(16)14(13)19/h3-7,20H,1-2H3. The third kappa shape index (κ3) is 2.65. The van der Waals surface area contributed by atoms with Crippen molar-refractivity contribution in [1.29, 1.82) is 0 Å². The molecule has 2 aromatic rings. The molecule has 1 N–H and O–H groups in total. The molecular weight excluding hydrogens is 349 g/mol. The van der Waals surface area contributed by atoms with E-state index < -0.39 is 28.6 Å². The second kappa shape index (κ2) is 5.69. The zero-order chi connectivity index (χ0) is 15.8. The third-order valence-electron chi connectivity index (χ3n) is 3.21. The molecule has 1 atom stereocenters. The quantitative estimate of drug-likeness (QED) is 0.834. The van der Waals surface area contributed by atoms with Gasteiger partial charge in [-0.15, -0.1) is 0 Å². The zero-order valence-electron chi connectivity index (χ0n) is 11.3. The van der Waals surface area contributed by atoms with Gasteiger partial charge in [0.2, 0.25) is 0 Å². The molecule has 0 aromatic heterocycles. The van der Waals surface area contributed by atoms with E-state index in [1.54, 1.807) is 0 Å². The van der Waals surface area contributed by atoms with E-state index in [0.29, 0.717) is 0 Å². The van der Waals surface area contributed by atoms with Gasteiger partial charge in [-0.25, -0.2) is 13.2 Å². The van der Waals surface area contributed by atoms with Crippen molar-refractivity contribution in [2.45, 2.75) is 12.5 Å². The Bertz CT molecular complexity index is 687. The molecule has 0 saturated carbocycles. The normalized spacial score (nSPS) is 13.9. The summed E-state index contributed by atoms with van der Waals surface area (Å²) in [6.45, 7) is 1.11. The van der Waals surface area contributed by atoms with Gasteiger partial charge in [0.15, 0.2) is 0 Å². The van der Waals surface area contributed by atoms with E-state index in [1.807, 2.05) is 0 Å². The fraction of sp³-hybridized carbons (Fsp3) is 0.200. The molecule has 0 heterocycles. The van der Waals surface area contributed by atoms with E-state index in [4.69, 9.17) is 4.74 Å². The van der Waals surface area contributed by atoms with Crippen molar-refractivity contribution >= 4 is 15.9 Å². The van der Waals surface area contributed by atoms with Crippen LogP contribution in [-0.2, 0) is 5.60 Å². The molecule has 0 bridgehead atoms. The molecular formula is C15H12BrF3O2. The summed E-state index contributed by atoms with van der Waals surface area (Å²) in [7, 11) is 1.28. The second-order valence-corrected chi connectivity index (χ2v) is 5.46. The van der Waals surface area contributed by atoms with Gasteiger partial charge in [0, 0.05) is 0 Å². The Morgan fingerprint density at radius 3 is 2.29 bits per heavy atom. The molecule has 0 aliphatic heterocycles. The van der Waals surface area contributed by atoms with Crippen molar-refractivity contribution in [3.05, 3.63) is 63.4 Å². The first-order chi connectivity index (χ1) is 9.80. The lowest BCUT2D eigenvalue weighted by atomic mass is 9.86. The molecule has 0 amide bonds. The fourth-order valence-corrected chi connectivity index (χ4v) is 2.58. The highest BCUT2D eigenvalue weighted by Crippen LogP contribution is 2.40. The third-order valence-corrected chi connectivity index (χ3v) is 3.83. The summed E-state index contributed by atoms with van der Waals surface area (Å²) in [4.78, 5) is 0. The molecule has 2 rings (SSSR count). The molecule has 0 aliphatic carbocycles. The average Bonchev–Trinajstić information content (AvgIpc) is 2.42. The van der Waals surface area contributed by atoms with Crippen LogP contribution < -0.4 is 4.74 Å². The highest BCUT2D eigenvalue weighted by atomic mass is 79.9. The van der Waals surface area contributed by atoms with Crippen LogP contribution in [0.25, 0.3) is 0 Å². The van der Waals surface area contributed by atoms with Gasteiger partial charge in [-0.2, -0.15) is 0 Å². The Balaban J connectivity index is 2.77. The fourth-order valence-electron chi connectivity index (χ4n) is 2.25. The smallest absolute Gasteiger partial charge is 0.146 e. The highest BCUT2D eigenvalue weighted by Gasteiger charge is 2.37. The molecule has 21 heavy (non-hydrogen) atoms. The number of hydrogen-bond acceptors (Lipinski definition) is 2. The summed E-state index contributed by atoms with van der Waals surface area (Å²) in [5, 5.41) is 10.6. The maximum absolute atomic E-state index is 14.2. The number of hydrogen-bond donors (Lipinski definition) is 1. The van der Waals surface area contributed by atoms with E-state index >= 15 is 0 Å². The minimum atomic E-state index is -2.24. The van der Waals surface area contributed by atoms with Gasteiger partial charge in [0.1, 0.15) is 28.8 Å². The number of benzene rings is 2. The number of rotatable bonds is 3. The van der Waals surface area contributed by atoms with Crippen LogP contribution in [-0.4, -0.2) is 12.2 Å². The predicted octanol–water partition coefficient (Wildman–Crippen LogP) is 4.13. The van der Waals surface area contributed by atoms with Gasteiger partial charge in [-0.3, -0.25) is 0 Å². The van der Waals surface area contributed by atoms with Crippen LogP contribution in [0.3, 0.4) is 0 Å². The van der Waals surface area contributed by atoms with Crippen molar-refractivity contribution in [2.75, 3.05) is 7.11 Å². The number of methoxy groups -OCH3 is 1. The van der Waals surface area contributed by atoms with Crippen molar-refractivity contribution in [3.63, 3.8) is 0 Å². The van der Waals surface area contributed by atoms with Crippen LogP contribution in [0.1, 0.15) is 18.1 Å². The summed E-state index contributed by atoms with van der Waals surface area (Å²) < 4.78 is 47.2. The van der Waals surface area contributed by atoms with Crippen LogP contribution >= 0.6 is 15.9 Å². The number of aliphatic hydroxyl groups is 1. The molecule has 0 aliphatic rings. The van der Waals surface area contributed by atoms with Crippen LogP contribution in [0, 0.1) is 17.5 Å². The molecule has 0 radical (unpaired) electrons. The van der Waals surface area contributed by atoms with E-state index in [0.717, 1.165) is 19.1 Å². The summed E-state index contributed by atoms with van der Waals surface area (Å²) in [5.74, 6) is -2.80. The van der Waals surface area contributed by atoms with E-state index in [1.165, 1.54) is 25.3 Å². The van der Waals surface area contributed by atoms with Gasteiger partial charge < -0.3 is 9.84 Å². The lowest BCUT2D eigenvalue weighted by Crippen LogP contribution is -2.28. The minimum Gasteiger partial charge on any atom is -0.496 e. The molecule has 6 heteroatoms. The Hall–Kier alpha value is -1.53. The average molecular weight is 361 g/mol. The van der Waals surface area contributed by atoms with Crippen molar-refractivity contribution in [1.82, 2.24) is 0 Å². The van der Waals surface area contributed by atoms with E-state index in [9.17, 15) is 18.3 Å². The Morgan fingerprint density at radius 1 is 1.05 bits per heavy atom. The topological polar surface area (TPSA) is 29.5 Å². The lowest BCUT2D eigenvalue weighted by molar-refractivity contribution is 0.0859. The Kier molecular flexibility index (Phi) is 4.30. The highest BCUT2D eigenvalue weighted by molar-refractivity contribution is 9.10. The summed E-state index contributed by atoms with van der Waals surface area (Å²) in [6.07, 6.45) is 0. The van der Waals surface area contributed by atoms with E-state index in [-0.39, 0.29) is 15.8 Å². The summed E-state index contributed by atoms with van der Waals surface area (Å²) in [6, 6.07) is 6.02. The molecule has 0 saturated heterocycles. The predicted molar refractivity (Wildman–Crippen MR) is 75.7 cm³/mol. The van der Waals surface area contributed by atoms with Gasteiger partial charge in [0.25, 0.3) is 0 Å². The van der Waals surface area contributed by atoms with Gasteiger partial charge in [-0.05, 0) is 47.1 Å². The molecule has 0 fully saturated rings. The summed E-state index contributed by atoms with van der Waals surface area (Å²) >= 11 is 2.92. The Morgan fingerprint density at radius 2 is 1.67 bits per heavy atom. The second-order valence-electron chi connectivity index (χ2n) is 4.61. The van der Waals surface area contributed by atoms with Crippen molar-refractivity contribution in [3.8, 4) is 5.75 Å². The monoisotopic (exact) mass is 360 g/mol. The van der Waals surface area contributed by atoms with Crippen molar-refractivity contribution in [2.24, 2.45) is 0 Å². The summed E-state index contributed by atoms with van der Waals surface area (Å²) in [5.41, 5.74) is -3.22. The first kappa shape index (κ1) is 15.9. The molecule has 112 valence electrons. The van der Waals surface area contributed by atoms with Crippen molar-refractivity contribution < 1.29 is 23.0 Å². The minimum absolute atomic E-state index is 0.00113. The van der Waals surface area contributed by atoms with Crippen LogP contribution in [0.5, 0.6) is 5.75 Å². The molecule has 0 spiro atoms. The lowest BCUT2D eigenvalue weighted by Gasteiger charge is -2.27. The number of halogens is 4. The van der Waals surface area contributed by atoms with Crippen LogP contribution in [0.15, 0.2) is 34.8 Å². The first-order valence-electron chi connectivity index (χ1n) is 6.00. The zero-order valence-corrected chi connectivity index (χ0v) is 12.8. The molecule has 1 unspecified atom stereocenters. The molecule has 2 aromatic carbocycles. The maximum atomic E-state index is 14.2.